The Kier molecular flexibility index (Phi) is 7.26. The molecule has 112 valence electrons. The SMILES string of the molecule is CCN(CC)CCCNC(C(=O)O)c1ccc(C)cc1. The smallest absolute Gasteiger partial charge is 0.325 e. The lowest BCUT2D eigenvalue weighted by Crippen LogP contribution is -2.32. The Morgan fingerprint density at radius 3 is 2.35 bits per heavy atom. The monoisotopic (exact) mass is 278 g/mol. The number of aryl methyl sites for hydroxylation is 1. The summed E-state index contributed by atoms with van der Waals surface area (Å²) in [6, 6.07) is 7.04. The van der Waals surface area contributed by atoms with Crippen LogP contribution in [0.2, 0.25) is 0 Å². The zero-order chi connectivity index (χ0) is 15.0. The average molecular weight is 278 g/mol. The lowest BCUT2D eigenvalue weighted by Gasteiger charge is -2.19. The summed E-state index contributed by atoms with van der Waals surface area (Å²) in [7, 11) is 0. The maximum atomic E-state index is 11.4. The van der Waals surface area contributed by atoms with E-state index in [1.807, 2.05) is 31.2 Å². The Morgan fingerprint density at radius 1 is 1.25 bits per heavy atom. The number of rotatable bonds is 9. The van der Waals surface area contributed by atoms with Crippen LogP contribution in [-0.4, -0.2) is 42.2 Å². The minimum absolute atomic E-state index is 0.618. The predicted octanol–water partition coefficient (Wildman–Crippen LogP) is 2.44. The van der Waals surface area contributed by atoms with Crippen LogP contribution in [0.25, 0.3) is 0 Å². The number of carboxylic acid groups (broad SMARTS) is 1. The van der Waals surface area contributed by atoms with Gasteiger partial charge in [0.15, 0.2) is 0 Å². The van der Waals surface area contributed by atoms with Gasteiger partial charge in [0.2, 0.25) is 0 Å². The first kappa shape index (κ1) is 16.7. The van der Waals surface area contributed by atoms with Crippen LogP contribution in [0.3, 0.4) is 0 Å². The van der Waals surface area contributed by atoms with E-state index in [0.29, 0.717) is 6.54 Å². The highest BCUT2D eigenvalue weighted by Crippen LogP contribution is 2.14. The van der Waals surface area contributed by atoms with Crippen LogP contribution in [0, 0.1) is 6.92 Å². The third-order valence-corrected chi connectivity index (χ3v) is 3.55. The second-order valence-corrected chi connectivity index (χ2v) is 5.02. The average Bonchev–Trinajstić information content (AvgIpc) is 2.44. The fraction of sp³-hybridized carbons (Fsp3) is 0.562. The zero-order valence-corrected chi connectivity index (χ0v) is 12.7. The fourth-order valence-electron chi connectivity index (χ4n) is 2.20. The van der Waals surface area contributed by atoms with Crippen LogP contribution in [0.5, 0.6) is 0 Å². The van der Waals surface area contributed by atoms with Gasteiger partial charge in [-0.15, -0.1) is 0 Å². The van der Waals surface area contributed by atoms with Gasteiger partial charge in [-0.25, -0.2) is 0 Å². The van der Waals surface area contributed by atoms with E-state index in [1.54, 1.807) is 0 Å². The van der Waals surface area contributed by atoms with Crippen molar-refractivity contribution < 1.29 is 9.90 Å². The number of carbonyl (C=O) groups is 1. The number of nitrogens with one attached hydrogen (secondary N) is 1. The summed E-state index contributed by atoms with van der Waals surface area (Å²) in [5.74, 6) is -0.823. The minimum Gasteiger partial charge on any atom is -0.480 e. The Labute approximate surface area is 121 Å². The molecule has 0 aliphatic heterocycles. The molecule has 1 unspecified atom stereocenters. The molecule has 20 heavy (non-hydrogen) atoms. The van der Waals surface area contributed by atoms with Crippen LogP contribution in [0.4, 0.5) is 0 Å². The number of carboxylic acids is 1. The Morgan fingerprint density at radius 2 is 1.85 bits per heavy atom. The molecule has 4 nitrogen and oxygen atoms in total. The number of benzene rings is 1. The van der Waals surface area contributed by atoms with Gasteiger partial charge in [-0.1, -0.05) is 43.7 Å². The van der Waals surface area contributed by atoms with Crippen LogP contribution >= 0.6 is 0 Å². The highest BCUT2D eigenvalue weighted by atomic mass is 16.4. The maximum absolute atomic E-state index is 11.4. The quantitative estimate of drug-likeness (QED) is 0.681. The second-order valence-electron chi connectivity index (χ2n) is 5.02. The number of hydrogen-bond donors (Lipinski definition) is 2. The molecule has 0 heterocycles. The van der Waals surface area contributed by atoms with Crippen molar-refractivity contribution in [1.82, 2.24) is 10.2 Å². The highest BCUT2D eigenvalue weighted by molar-refractivity contribution is 5.75. The van der Waals surface area contributed by atoms with Crippen molar-refractivity contribution in [2.24, 2.45) is 0 Å². The van der Waals surface area contributed by atoms with E-state index < -0.39 is 12.0 Å². The second kappa shape index (κ2) is 8.72. The largest absolute Gasteiger partial charge is 0.480 e. The van der Waals surface area contributed by atoms with Gasteiger partial charge in [0, 0.05) is 0 Å². The molecule has 0 saturated carbocycles. The van der Waals surface area contributed by atoms with Crippen molar-refractivity contribution in [3.8, 4) is 0 Å². The lowest BCUT2D eigenvalue weighted by molar-refractivity contribution is -0.139. The number of nitrogens with zero attached hydrogens (tertiary/aromatic N) is 1. The van der Waals surface area contributed by atoms with E-state index in [2.05, 4.69) is 24.1 Å². The van der Waals surface area contributed by atoms with E-state index in [-0.39, 0.29) is 0 Å². The van der Waals surface area contributed by atoms with E-state index in [1.165, 1.54) is 0 Å². The van der Waals surface area contributed by atoms with E-state index >= 15 is 0 Å². The van der Waals surface area contributed by atoms with E-state index in [0.717, 1.165) is 37.2 Å². The van der Waals surface area contributed by atoms with Gasteiger partial charge >= 0.3 is 5.97 Å². The summed E-state index contributed by atoms with van der Waals surface area (Å²) in [6.45, 7) is 10.1. The summed E-state index contributed by atoms with van der Waals surface area (Å²) in [4.78, 5) is 13.7. The lowest BCUT2D eigenvalue weighted by atomic mass is 10.1. The highest BCUT2D eigenvalue weighted by Gasteiger charge is 2.18. The third-order valence-electron chi connectivity index (χ3n) is 3.55. The summed E-state index contributed by atoms with van der Waals surface area (Å²) in [5.41, 5.74) is 1.95. The normalized spacial score (nSPS) is 12.6. The number of aliphatic carboxylic acids is 1. The van der Waals surface area contributed by atoms with Gasteiger partial charge < -0.3 is 15.3 Å². The molecule has 1 rings (SSSR count). The molecule has 4 heteroatoms. The van der Waals surface area contributed by atoms with Gasteiger partial charge in [-0.05, 0) is 45.1 Å². The molecule has 0 aromatic heterocycles. The molecule has 0 radical (unpaired) electrons. The van der Waals surface area contributed by atoms with Gasteiger partial charge in [-0.2, -0.15) is 0 Å². The zero-order valence-electron chi connectivity index (χ0n) is 12.7. The summed E-state index contributed by atoms with van der Waals surface area (Å²) >= 11 is 0. The molecule has 0 spiro atoms. The van der Waals surface area contributed by atoms with Gasteiger partial charge in [-0.3, -0.25) is 4.79 Å². The van der Waals surface area contributed by atoms with Crippen molar-refractivity contribution in [3.05, 3.63) is 35.4 Å². The van der Waals surface area contributed by atoms with Crippen molar-refractivity contribution in [2.45, 2.75) is 33.2 Å². The van der Waals surface area contributed by atoms with Crippen LogP contribution in [-0.2, 0) is 4.79 Å². The Balaban J connectivity index is 2.48. The molecule has 0 bridgehead atoms. The fourth-order valence-corrected chi connectivity index (χ4v) is 2.20. The molecule has 0 fully saturated rings. The molecule has 0 aliphatic carbocycles. The summed E-state index contributed by atoms with van der Waals surface area (Å²) < 4.78 is 0. The van der Waals surface area contributed by atoms with E-state index in [4.69, 9.17) is 0 Å². The molecule has 0 saturated heterocycles. The van der Waals surface area contributed by atoms with Crippen LogP contribution < -0.4 is 5.32 Å². The van der Waals surface area contributed by atoms with Crippen molar-refractivity contribution >= 4 is 5.97 Å². The summed E-state index contributed by atoms with van der Waals surface area (Å²) in [6.07, 6.45) is 0.956. The van der Waals surface area contributed by atoms with E-state index in [9.17, 15) is 9.90 Å². The summed E-state index contributed by atoms with van der Waals surface area (Å²) in [5, 5.41) is 12.5. The van der Waals surface area contributed by atoms with Crippen LogP contribution in [0.1, 0.15) is 37.4 Å². The van der Waals surface area contributed by atoms with Gasteiger partial charge in [0.25, 0.3) is 0 Å². The first-order valence-corrected chi connectivity index (χ1v) is 7.33. The Bertz CT molecular complexity index is 399. The topological polar surface area (TPSA) is 52.6 Å². The molecular weight excluding hydrogens is 252 g/mol. The molecule has 0 amide bonds. The predicted molar refractivity (Wildman–Crippen MR) is 82.0 cm³/mol. The van der Waals surface area contributed by atoms with Gasteiger partial charge in [0.05, 0.1) is 0 Å². The molecule has 0 aliphatic rings. The molecule has 1 atom stereocenters. The minimum atomic E-state index is -0.823. The maximum Gasteiger partial charge on any atom is 0.325 e. The van der Waals surface area contributed by atoms with Crippen LogP contribution in [0.15, 0.2) is 24.3 Å². The first-order valence-electron chi connectivity index (χ1n) is 7.33. The van der Waals surface area contributed by atoms with Crippen molar-refractivity contribution in [1.29, 1.82) is 0 Å². The molecule has 2 N–H and O–H groups in total. The molecular formula is C16H26N2O2. The van der Waals surface area contributed by atoms with Gasteiger partial charge in [0.1, 0.15) is 6.04 Å². The molecule has 1 aromatic carbocycles. The number of hydrogen-bond acceptors (Lipinski definition) is 3. The Hall–Kier alpha value is -1.39. The third kappa shape index (κ3) is 5.31. The van der Waals surface area contributed by atoms with Crippen molar-refractivity contribution in [3.63, 3.8) is 0 Å². The standard InChI is InChI=1S/C16H26N2O2/c1-4-18(5-2)12-6-11-17-15(16(19)20)14-9-7-13(3)8-10-14/h7-10,15,17H,4-6,11-12H2,1-3H3,(H,19,20). The first-order chi connectivity index (χ1) is 9.58. The van der Waals surface area contributed by atoms with Crippen molar-refractivity contribution in [2.75, 3.05) is 26.2 Å². The molecule has 1 aromatic rings.